The SMILES string of the molecule is O=C(NC1CC1c1nc2c(c(NCc3ccccc3)n1)COCC2)c1cccc2[nH]ccc12. The van der Waals surface area contributed by atoms with Gasteiger partial charge in [0.1, 0.15) is 11.6 Å². The summed E-state index contributed by atoms with van der Waals surface area (Å²) >= 11 is 0. The third kappa shape index (κ3) is 3.96. The highest BCUT2D eigenvalue weighted by Gasteiger charge is 2.43. The van der Waals surface area contributed by atoms with E-state index in [2.05, 4.69) is 27.8 Å². The molecule has 4 aromatic rings. The largest absolute Gasteiger partial charge is 0.376 e. The van der Waals surface area contributed by atoms with E-state index in [4.69, 9.17) is 14.7 Å². The fourth-order valence-corrected chi connectivity index (χ4v) is 4.51. The molecule has 1 fully saturated rings. The van der Waals surface area contributed by atoms with E-state index < -0.39 is 0 Å². The lowest BCUT2D eigenvalue weighted by Crippen LogP contribution is -2.27. The molecule has 2 atom stereocenters. The summed E-state index contributed by atoms with van der Waals surface area (Å²) in [7, 11) is 0. The van der Waals surface area contributed by atoms with Crippen molar-refractivity contribution in [3.8, 4) is 0 Å². The smallest absolute Gasteiger partial charge is 0.252 e. The second kappa shape index (κ2) is 8.33. The maximum absolute atomic E-state index is 12.9. The first-order valence-corrected chi connectivity index (χ1v) is 11.4. The zero-order valence-corrected chi connectivity index (χ0v) is 18.2. The van der Waals surface area contributed by atoms with Crippen molar-refractivity contribution < 1.29 is 9.53 Å². The first kappa shape index (κ1) is 19.9. The predicted octanol–water partition coefficient (Wildman–Crippen LogP) is 3.93. The van der Waals surface area contributed by atoms with Gasteiger partial charge >= 0.3 is 0 Å². The van der Waals surface area contributed by atoms with Crippen LogP contribution >= 0.6 is 0 Å². The lowest BCUT2D eigenvalue weighted by molar-refractivity contribution is 0.0952. The number of hydrogen-bond donors (Lipinski definition) is 3. The average molecular weight is 440 g/mol. The van der Waals surface area contributed by atoms with Crippen molar-refractivity contribution in [3.63, 3.8) is 0 Å². The van der Waals surface area contributed by atoms with Crippen molar-refractivity contribution >= 4 is 22.6 Å². The van der Waals surface area contributed by atoms with Crippen LogP contribution in [0.25, 0.3) is 10.9 Å². The number of carbonyl (C=O) groups is 1. The number of carbonyl (C=O) groups excluding carboxylic acids is 1. The molecule has 6 rings (SSSR count). The second-order valence-corrected chi connectivity index (χ2v) is 8.66. The number of fused-ring (bicyclic) bond motifs is 2. The summed E-state index contributed by atoms with van der Waals surface area (Å²) in [5, 5.41) is 7.60. The minimum Gasteiger partial charge on any atom is -0.376 e. The molecular formula is C26H25N5O2. The molecular weight excluding hydrogens is 414 g/mol. The summed E-state index contributed by atoms with van der Waals surface area (Å²) in [6.45, 7) is 1.89. The van der Waals surface area contributed by atoms with E-state index in [9.17, 15) is 4.79 Å². The molecule has 3 N–H and O–H groups in total. The van der Waals surface area contributed by atoms with Gasteiger partial charge in [0, 0.05) is 53.2 Å². The maximum atomic E-state index is 12.9. The molecule has 3 heterocycles. The molecule has 7 nitrogen and oxygen atoms in total. The van der Waals surface area contributed by atoms with Crippen molar-refractivity contribution in [2.45, 2.75) is 38.0 Å². The Balaban J connectivity index is 1.20. The van der Waals surface area contributed by atoms with Crippen molar-refractivity contribution in [3.05, 3.63) is 89.0 Å². The normalized spacial score (nSPS) is 19.2. The van der Waals surface area contributed by atoms with E-state index in [1.165, 1.54) is 5.56 Å². The number of aromatic amines is 1. The van der Waals surface area contributed by atoms with E-state index in [-0.39, 0.29) is 17.9 Å². The summed E-state index contributed by atoms with van der Waals surface area (Å²) in [5.41, 5.74) is 4.94. The molecule has 2 aliphatic rings. The lowest BCUT2D eigenvalue weighted by atomic mass is 10.1. The molecule has 0 saturated heterocycles. The van der Waals surface area contributed by atoms with Crippen LogP contribution in [-0.4, -0.2) is 33.5 Å². The number of ether oxygens (including phenoxy) is 1. The molecule has 2 aromatic carbocycles. The highest BCUT2D eigenvalue weighted by Crippen LogP contribution is 2.40. The number of aromatic nitrogens is 3. The molecule has 2 aromatic heterocycles. The van der Waals surface area contributed by atoms with E-state index in [1.807, 2.05) is 48.7 Å². The Morgan fingerprint density at radius 3 is 2.91 bits per heavy atom. The van der Waals surface area contributed by atoms with Gasteiger partial charge in [-0.3, -0.25) is 4.79 Å². The Morgan fingerprint density at radius 1 is 1.09 bits per heavy atom. The summed E-state index contributed by atoms with van der Waals surface area (Å²) in [4.78, 5) is 25.9. The zero-order valence-electron chi connectivity index (χ0n) is 18.2. The van der Waals surface area contributed by atoms with Crippen LogP contribution in [0.15, 0.2) is 60.8 Å². The van der Waals surface area contributed by atoms with Crippen LogP contribution in [-0.2, 0) is 24.3 Å². The molecule has 0 bridgehead atoms. The fourth-order valence-electron chi connectivity index (χ4n) is 4.51. The van der Waals surface area contributed by atoms with Crippen LogP contribution < -0.4 is 10.6 Å². The molecule has 1 amide bonds. The van der Waals surface area contributed by atoms with Gasteiger partial charge in [-0.25, -0.2) is 9.97 Å². The van der Waals surface area contributed by atoms with Gasteiger partial charge in [-0.1, -0.05) is 36.4 Å². The van der Waals surface area contributed by atoms with Gasteiger partial charge in [0.25, 0.3) is 5.91 Å². The van der Waals surface area contributed by atoms with Gasteiger partial charge in [-0.15, -0.1) is 0 Å². The number of nitrogens with zero attached hydrogens (tertiary/aromatic N) is 2. The standard InChI is InChI=1S/C26H25N5O2/c32-26(18-7-4-8-21-17(18)9-11-27-21)30-23-13-19(23)25-29-22-10-12-33-15-20(22)24(31-25)28-14-16-5-2-1-3-6-16/h1-9,11,19,23,27H,10,12-15H2,(H,30,32)(H,28,29,31). The number of amides is 1. The molecule has 166 valence electrons. The molecule has 1 saturated carbocycles. The summed E-state index contributed by atoms with van der Waals surface area (Å²) in [6, 6.07) is 18.0. The Bertz CT molecular complexity index is 1320. The molecule has 33 heavy (non-hydrogen) atoms. The lowest BCUT2D eigenvalue weighted by Gasteiger charge is -2.20. The van der Waals surface area contributed by atoms with Crippen LogP contribution in [0.2, 0.25) is 0 Å². The van der Waals surface area contributed by atoms with Crippen molar-refractivity contribution in [2.24, 2.45) is 0 Å². The Hall–Kier alpha value is -3.71. The van der Waals surface area contributed by atoms with Gasteiger partial charge < -0.3 is 20.4 Å². The van der Waals surface area contributed by atoms with Crippen LogP contribution in [0.3, 0.4) is 0 Å². The van der Waals surface area contributed by atoms with Crippen molar-refractivity contribution in [1.29, 1.82) is 0 Å². The van der Waals surface area contributed by atoms with E-state index in [0.29, 0.717) is 25.3 Å². The first-order valence-electron chi connectivity index (χ1n) is 11.4. The van der Waals surface area contributed by atoms with Crippen molar-refractivity contribution in [2.75, 3.05) is 11.9 Å². The van der Waals surface area contributed by atoms with Gasteiger partial charge in [0.2, 0.25) is 0 Å². The van der Waals surface area contributed by atoms with E-state index >= 15 is 0 Å². The molecule has 0 radical (unpaired) electrons. The van der Waals surface area contributed by atoms with Crippen LogP contribution in [0, 0.1) is 0 Å². The quantitative estimate of drug-likeness (QED) is 0.423. The summed E-state index contributed by atoms with van der Waals surface area (Å²) in [6.07, 6.45) is 3.49. The van der Waals surface area contributed by atoms with Gasteiger partial charge in [0.15, 0.2) is 0 Å². The monoisotopic (exact) mass is 439 g/mol. The minimum absolute atomic E-state index is 0.0477. The van der Waals surface area contributed by atoms with Gasteiger partial charge in [0.05, 0.1) is 18.9 Å². The average Bonchev–Trinajstić information content (AvgIpc) is 3.45. The highest BCUT2D eigenvalue weighted by molar-refractivity contribution is 6.06. The van der Waals surface area contributed by atoms with Crippen LogP contribution in [0.1, 0.15) is 45.3 Å². The van der Waals surface area contributed by atoms with E-state index in [1.54, 1.807) is 0 Å². The molecule has 1 aliphatic heterocycles. The Labute approximate surface area is 191 Å². The second-order valence-electron chi connectivity index (χ2n) is 8.66. The Kier molecular flexibility index (Phi) is 5.03. The zero-order chi connectivity index (χ0) is 22.2. The number of anilines is 1. The third-order valence-corrected chi connectivity index (χ3v) is 6.42. The summed E-state index contributed by atoms with van der Waals surface area (Å²) < 4.78 is 5.68. The molecule has 2 unspecified atom stereocenters. The predicted molar refractivity (Wildman–Crippen MR) is 126 cm³/mol. The molecule has 1 aliphatic carbocycles. The number of nitrogens with one attached hydrogen (secondary N) is 3. The molecule has 0 spiro atoms. The number of hydrogen-bond acceptors (Lipinski definition) is 5. The summed E-state index contributed by atoms with van der Waals surface area (Å²) in [5.74, 6) is 1.72. The number of benzene rings is 2. The van der Waals surface area contributed by atoms with Crippen LogP contribution in [0.5, 0.6) is 0 Å². The van der Waals surface area contributed by atoms with E-state index in [0.717, 1.165) is 46.6 Å². The Morgan fingerprint density at radius 2 is 2.00 bits per heavy atom. The van der Waals surface area contributed by atoms with Gasteiger partial charge in [-0.2, -0.15) is 0 Å². The fraction of sp³-hybridized carbons (Fsp3) is 0.269. The first-order chi connectivity index (χ1) is 16.3. The topological polar surface area (TPSA) is 91.9 Å². The van der Waals surface area contributed by atoms with Gasteiger partial charge in [-0.05, 0) is 30.2 Å². The minimum atomic E-state index is -0.0542. The number of H-pyrrole nitrogens is 1. The van der Waals surface area contributed by atoms with Crippen LogP contribution in [0.4, 0.5) is 5.82 Å². The van der Waals surface area contributed by atoms with Crippen molar-refractivity contribution in [1.82, 2.24) is 20.3 Å². The maximum Gasteiger partial charge on any atom is 0.252 e. The molecule has 7 heteroatoms. The highest BCUT2D eigenvalue weighted by atomic mass is 16.5. The third-order valence-electron chi connectivity index (χ3n) is 6.42. The number of rotatable bonds is 6.